The van der Waals surface area contributed by atoms with Crippen LogP contribution in [0.4, 0.5) is 0 Å². The van der Waals surface area contributed by atoms with Crippen molar-refractivity contribution in [2.45, 2.75) is 0 Å². The van der Waals surface area contributed by atoms with Crippen LogP contribution in [0, 0.1) is 0 Å². The molecule has 0 bridgehead atoms. The van der Waals surface area contributed by atoms with Crippen LogP contribution in [0.3, 0.4) is 0 Å². The molecule has 17 heavy (non-hydrogen) atoms. The van der Waals surface area contributed by atoms with Crippen molar-refractivity contribution in [1.82, 2.24) is 5.06 Å². The third-order valence-electron chi connectivity index (χ3n) is 2.18. The fourth-order valence-electron chi connectivity index (χ4n) is 1.19. The summed E-state index contributed by atoms with van der Waals surface area (Å²) in [6.07, 6.45) is 3.01. The first-order valence-electron chi connectivity index (χ1n) is 4.92. The Balaban J connectivity index is 2.90. The van der Waals surface area contributed by atoms with Gasteiger partial charge < -0.3 is 4.74 Å². The number of rotatable bonds is 4. The second kappa shape index (κ2) is 6.27. The highest BCUT2D eigenvalue weighted by Crippen LogP contribution is 2.23. The van der Waals surface area contributed by atoms with Gasteiger partial charge in [0.2, 0.25) is 0 Å². The molecule has 0 aliphatic rings. The average molecular weight is 256 g/mol. The van der Waals surface area contributed by atoms with Crippen LogP contribution >= 0.6 is 11.6 Å². The van der Waals surface area contributed by atoms with Crippen LogP contribution in [-0.4, -0.2) is 32.2 Å². The van der Waals surface area contributed by atoms with Gasteiger partial charge in [0.15, 0.2) is 0 Å². The highest BCUT2D eigenvalue weighted by Gasteiger charge is 2.04. The summed E-state index contributed by atoms with van der Waals surface area (Å²) in [5, 5.41) is 1.70. The minimum atomic E-state index is -0.269. The van der Waals surface area contributed by atoms with E-state index in [1.807, 2.05) is 0 Å². The Morgan fingerprint density at radius 2 is 2.12 bits per heavy atom. The van der Waals surface area contributed by atoms with E-state index >= 15 is 0 Å². The number of benzene rings is 1. The first-order chi connectivity index (χ1) is 8.08. The van der Waals surface area contributed by atoms with E-state index < -0.39 is 0 Å². The first-order valence-corrected chi connectivity index (χ1v) is 5.29. The summed E-state index contributed by atoms with van der Waals surface area (Å²) in [7, 11) is 4.51. The maximum absolute atomic E-state index is 11.5. The maximum Gasteiger partial charge on any atom is 0.269 e. The molecular weight excluding hydrogens is 242 g/mol. The van der Waals surface area contributed by atoms with Gasteiger partial charge in [0.1, 0.15) is 5.75 Å². The fraction of sp³-hybridized carbons (Fsp3) is 0.250. The summed E-state index contributed by atoms with van der Waals surface area (Å²) in [6.45, 7) is 0. The lowest BCUT2D eigenvalue weighted by Crippen LogP contribution is -2.22. The Bertz CT molecular complexity index is 432. The van der Waals surface area contributed by atoms with Crippen molar-refractivity contribution in [2.75, 3.05) is 21.3 Å². The number of amides is 1. The van der Waals surface area contributed by atoms with Crippen LogP contribution in [0.1, 0.15) is 5.56 Å². The van der Waals surface area contributed by atoms with E-state index in [0.717, 1.165) is 10.6 Å². The molecule has 0 saturated carbocycles. The van der Waals surface area contributed by atoms with Crippen LogP contribution in [0.2, 0.25) is 5.02 Å². The van der Waals surface area contributed by atoms with Crippen molar-refractivity contribution in [3.8, 4) is 5.75 Å². The Hall–Kier alpha value is -1.52. The number of hydrogen-bond donors (Lipinski definition) is 0. The zero-order valence-electron chi connectivity index (χ0n) is 9.94. The minimum Gasteiger partial charge on any atom is -0.496 e. The molecule has 92 valence electrons. The third-order valence-corrected chi connectivity index (χ3v) is 2.42. The Morgan fingerprint density at radius 3 is 2.71 bits per heavy atom. The van der Waals surface area contributed by atoms with Crippen molar-refractivity contribution in [3.05, 3.63) is 34.9 Å². The zero-order valence-corrected chi connectivity index (χ0v) is 10.7. The van der Waals surface area contributed by atoms with Gasteiger partial charge in [0, 0.05) is 23.7 Å². The molecule has 0 fully saturated rings. The molecule has 0 aliphatic carbocycles. The summed E-state index contributed by atoms with van der Waals surface area (Å²) in [5.74, 6) is 0.382. The van der Waals surface area contributed by atoms with Crippen LogP contribution in [0.15, 0.2) is 24.3 Å². The predicted molar refractivity (Wildman–Crippen MR) is 66.8 cm³/mol. The van der Waals surface area contributed by atoms with Crippen LogP contribution in [0.5, 0.6) is 5.75 Å². The number of likely N-dealkylation sites (N-methyl/N-ethyl adjacent to an activating group) is 1. The molecule has 0 aromatic heterocycles. The SMILES string of the molecule is COc1ccc(Cl)cc1/C=C/C(=O)N(C)OC. The van der Waals surface area contributed by atoms with Crippen molar-refractivity contribution < 1.29 is 14.4 Å². The lowest BCUT2D eigenvalue weighted by Gasteiger charge is -2.10. The molecule has 0 heterocycles. The van der Waals surface area contributed by atoms with Crippen molar-refractivity contribution >= 4 is 23.6 Å². The number of nitrogens with zero attached hydrogens (tertiary/aromatic N) is 1. The number of hydroxylamine groups is 2. The molecule has 0 N–H and O–H groups in total. The second-order valence-corrected chi connectivity index (χ2v) is 3.67. The van der Waals surface area contributed by atoms with E-state index in [0.29, 0.717) is 10.8 Å². The van der Waals surface area contributed by atoms with Crippen LogP contribution < -0.4 is 4.74 Å². The molecule has 0 atom stereocenters. The fourth-order valence-corrected chi connectivity index (χ4v) is 1.37. The molecule has 0 saturated heterocycles. The normalized spacial score (nSPS) is 10.6. The molecule has 5 heteroatoms. The summed E-state index contributed by atoms with van der Waals surface area (Å²) in [5.41, 5.74) is 0.734. The highest BCUT2D eigenvalue weighted by atomic mass is 35.5. The molecule has 0 aliphatic heterocycles. The number of halogens is 1. The number of hydrogen-bond acceptors (Lipinski definition) is 3. The summed E-state index contributed by atoms with van der Waals surface area (Å²) < 4.78 is 5.15. The lowest BCUT2D eigenvalue weighted by molar-refractivity contribution is -0.162. The minimum absolute atomic E-state index is 0.269. The smallest absolute Gasteiger partial charge is 0.269 e. The Morgan fingerprint density at radius 1 is 1.41 bits per heavy atom. The third kappa shape index (κ3) is 3.76. The van der Waals surface area contributed by atoms with E-state index in [1.165, 1.54) is 20.2 Å². The predicted octanol–water partition coefficient (Wildman–Crippen LogP) is 2.38. The molecule has 0 radical (unpaired) electrons. The summed E-state index contributed by atoms with van der Waals surface area (Å²) in [6, 6.07) is 5.18. The Kier molecular flexibility index (Phi) is 5.00. The topological polar surface area (TPSA) is 38.8 Å². The number of carbonyl (C=O) groups is 1. The van der Waals surface area contributed by atoms with Gasteiger partial charge in [-0.05, 0) is 24.3 Å². The average Bonchev–Trinajstić information content (AvgIpc) is 2.35. The van der Waals surface area contributed by atoms with Gasteiger partial charge in [0.05, 0.1) is 14.2 Å². The molecule has 1 amide bonds. The van der Waals surface area contributed by atoms with Crippen molar-refractivity contribution in [3.63, 3.8) is 0 Å². The van der Waals surface area contributed by atoms with E-state index in [-0.39, 0.29) is 5.91 Å². The number of carbonyl (C=O) groups excluding carboxylic acids is 1. The van der Waals surface area contributed by atoms with E-state index in [2.05, 4.69) is 0 Å². The molecule has 4 nitrogen and oxygen atoms in total. The monoisotopic (exact) mass is 255 g/mol. The lowest BCUT2D eigenvalue weighted by atomic mass is 10.2. The largest absolute Gasteiger partial charge is 0.496 e. The highest BCUT2D eigenvalue weighted by molar-refractivity contribution is 6.30. The van der Waals surface area contributed by atoms with Crippen molar-refractivity contribution in [2.24, 2.45) is 0 Å². The van der Waals surface area contributed by atoms with Gasteiger partial charge in [-0.2, -0.15) is 0 Å². The molecule has 0 unspecified atom stereocenters. The Labute approximate surface area is 105 Å². The maximum atomic E-state index is 11.5. The summed E-state index contributed by atoms with van der Waals surface area (Å²) in [4.78, 5) is 16.2. The quantitative estimate of drug-likeness (QED) is 0.613. The number of ether oxygens (including phenoxy) is 1. The second-order valence-electron chi connectivity index (χ2n) is 3.24. The standard InChI is InChI=1S/C12H14ClNO3/c1-14(17-3)12(15)7-4-9-8-10(13)5-6-11(9)16-2/h4-8H,1-3H3/b7-4+. The zero-order chi connectivity index (χ0) is 12.8. The van der Waals surface area contributed by atoms with Gasteiger partial charge >= 0.3 is 0 Å². The molecule has 0 spiro atoms. The van der Waals surface area contributed by atoms with Gasteiger partial charge in [-0.3, -0.25) is 9.63 Å². The molecule has 1 rings (SSSR count). The van der Waals surface area contributed by atoms with Crippen LogP contribution in [0.25, 0.3) is 6.08 Å². The van der Waals surface area contributed by atoms with Gasteiger partial charge in [-0.15, -0.1) is 0 Å². The van der Waals surface area contributed by atoms with Crippen molar-refractivity contribution in [1.29, 1.82) is 0 Å². The first kappa shape index (κ1) is 13.5. The van der Waals surface area contributed by atoms with E-state index in [4.69, 9.17) is 21.2 Å². The molecule has 1 aromatic carbocycles. The summed E-state index contributed by atoms with van der Waals surface area (Å²) >= 11 is 5.87. The van der Waals surface area contributed by atoms with Crippen LogP contribution in [-0.2, 0) is 9.63 Å². The molecule has 1 aromatic rings. The van der Waals surface area contributed by atoms with E-state index in [1.54, 1.807) is 31.4 Å². The number of methoxy groups -OCH3 is 1. The van der Waals surface area contributed by atoms with Gasteiger partial charge in [-0.25, -0.2) is 5.06 Å². The van der Waals surface area contributed by atoms with Gasteiger partial charge in [0.25, 0.3) is 5.91 Å². The molecular formula is C12H14ClNO3. The van der Waals surface area contributed by atoms with Gasteiger partial charge in [-0.1, -0.05) is 11.6 Å². The van der Waals surface area contributed by atoms with E-state index in [9.17, 15) is 4.79 Å².